The van der Waals surface area contributed by atoms with Gasteiger partial charge in [0.15, 0.2) is 0 Å². The Bertz CT molecular complexity index is 795. The number of hydrogen-bond acceptors (Lipinski definition) is 6. The number of amides is 1. The van der Waals surface area contributed by atoms with E-state index in [0.717, 1.165) is 0 Å². The largest absolute Gasteiger partial charge is 0.465 e. The molecule has 6 N–H and O–H groups in total. The van der Waals surface area contributed by atoms with Gasteiger partial charge in [-0.05, 0) is 45.0 Å². The van der Waals surface area contributed by atoms with Crippen molar-refractivity contribution in [2.45, 2.75) is 30.1 Å². The van der Waals surface area contributed by atoms with Crippen LogP contribution >= 0.6 is 10.6 Å². The van der Waals surface area contributed by atoms with Gasteiger partial charge in [0.05, 0.1) is 5.75 Å². The molecule has 1 aromatic rings. The minimum atomic E-state index is -3.34. The zero-order valence-corrected chi connectivity index (χ0v) is 16.1. The summed E-state index contributed by atoms with van der Waals surface area (Å²) in [5, 5.41) is 11.6. The van der Waals surface area contributed by atoms with E-state index in [9.17, 15) is 23.4 Å². The van der Waals surface area contributed by atoms with Crippen molar-refractivity contribution in [2.75, 3.05) is 31.6 Å². The second-order valence-corrected chi connectivity index (χ2v) is 9.92. The quantitative estimate of drug-likeness (QED) is 0.460. The molecule has 1 fully saturated rings. The molecule has 2 aliphatic heterocycles. The smallest absolute Gasteiger partial charge is 0.410 e. The first-order valence-electron chi connectivity index (χ1n) is 8.59. The van der Waals surface area contributed by atoms with E-state index < -0.39 is 32.8 Å². The van der Waals surface area contributed by atoms with E-state index in [0.29, 0.717) is 31.6 Å². The molecule has 0 aromatic heterocycles. The predicted molar refractivity (Wildman–Crippen MR) is 104 cm³/mol. The van der Waals surface area contributed by atoms with Gasteiger partial charge in [0, 0.05) is 24.3 Å². The van der Waals surface area contributed by atoms with E-state index in [4.69, 9.17) is 5.73 Å². The van der Waals surface area contributed by atoms with Crippen LogP contribution < -0.4 is 11.1 Å². The fourth-order valence-electron chi connectivity index (χ4n) is 3.95. The number of carbonyl (C=O) groups is 1. The molecule has 2 aliphatic rings. The molecular weight excluding hydrogens is 375 g/mol. The highest BCUT2D eigenvalue weighted by atomic mass is 32.3. The zero-order valence-electron chi connectivity index (χ0n) is 15.3. The van der Waals surface area contributed by atoms with E-state index in [1.54, 1.807) is 6.92 Å². The van der Waals surface area contributed by atoms with Crippen LogP contribution in [0.3, 0.4) is 0 Å². The number of carboxylic acid groups (broad SMARTS) is 1. The lowest BCUT2D eigenvalue weighted by molar-refractivity contribution is 0.198. The van der Waals surface area contributed by atoms with Crippen LogP contribution in [-0.2, 0) is 5.54 Å². The first kappa shape index (κ1) is 19.9. The standard InChI is InChI=1S/C17H25FN4O4S/c1-16(12-9-11(19)3-4-13(12)18)10-27(25,26)17(5-7-22(2)8-6-17)14(21-16)20-15(23)24/h3-4,9,25-26H,5-8,10,19H2,1-2H3,(H,20,21)(H,23,24). The summed E-state index contributed by atoms with van der Waals surface area (Å²) < 4.78 is 35.6. The maximum absolute atomic E-state index is 14.5. The molecule has 3 rings (SSSR count). The molecule has 1 saturated heterocycles. The van der Waals surface area contributed by atoms with E-state index in [-0.39, 0.29) is 17.2 Å². The molecule has 1 spiro atoms. The third-order valence-electron chi connectivity index (χ3n) is 5.49. The van der Waals surface area contributed by atoms with Gasteiger partial charge in [-0.25, -0.2) is 9.18 Å². The van der Waals surface area contributed by atoms with Gasteiger partial charge in [0.2, 0.25) is 0 Å². The predicted octanol–water partition coefficient (Wildman–Crippen LogP) is 2.52. The highest BCUT2D eigenvalue weighted by Gasteiger charge is 2.56. The summed E-state index contributed by atoms with van der Waals surface area (Å²) in [5.74, 6) is -0.798. The highest BCUT2D eigenvalue weighted by Crippen LogP contribution is 2.63. The van der Waals surface area contributed by atoms with Crippen LogP contribution in [0.1, 0.15) is 25.3 Å². The molecule has 27 heavy (non-hydrogen) atoms. The summed E-state index contributed by atoms with van der Waals surface area (Å²) in [6.45, 7) is 2.70. The Morgan fingerprint density at radius 3 is 2.59 bits per heavy atom. The summed E-state index contributed by atoms with van der Waals surface area (Å²) in [7, 11) is -1.43. The van der Waals surface area contributed by atoms with Gasteiger partial charge in [0.25, 0.3) is 0 Å². The van der Waals surface area contributed by atoms with Crippen LogP contribution in [-0.4, -0.2) is 61.7 Å². The zero-order chi connectivity index (χ0) is 20.0. The van der Waals surface area contributed by atoms with Gasteiger partial charge < -0.3 is 15.7 Å². The number of nitrogens with two attached hydrogens (primary N) is 1. The average Bonchev–Trinajstić information content (AvgIpc) is 2.55. The van der Waals surface area contributed by atoms with Gasteiger partial charge in [-0.15, -0.1) is 0 Å². The molecule has 0 aliphatic carbocycles. The third kappa shape index (κ3) is 3.38. The van der Waals surface area contributed by atoms with Crippen molar-refractivity contribution in [1.82, 2.24) is 10.2 Å². The number of likely N-dealkylation sites (tertiary alicyclic amines) is 1. The van der Waals surface area contributed by atoms with Crippen molar-refractivity contribution >= 4 is 28.2 Å². The molecule has 1 unspecified atom stereocenters. The van der Waals surface area contributed by atoms with Crippen molar-refractivity contribution in [3.8, 4) is 0 Å². The monoisotopic (exact) mass is 400 g/mol. The van der Waals surface area contributed by atoms with Crippen LogP contribution in [0.4, 0.5) is 14.9 Å². The second-order valence-electron chi connectivity index (χ2n) is 7.51. The van der Waals surface area contributed by atoms with E-state index in [1.807, 2.05) is 11.9 Å². The fraction of sp³-hybridized carbons (Fsp3) is 0.529. The lowest BCUT2D eigenvalue weighted by Crippen LogP contribution is -2.61. The number of rotatable bonds is 1. The van der Waals surface area contributed by atoms with Crippen molar-refractivity contribution in [1.29, 1.82) is 0 Å². The molecule has 10 heteroatoms. The summed E-state index contributed by atoms with van der Waals surface area (Å²) in [6, 6.07) is 4.00. The van der Waals surface area contributed by atoms with Crippen molar-refractivity contribution < 1.29 is 23.4 Å². The first-order chi connectivity index (χ1) is 12.5. The lowest BCUT2D eigenvalue weighted by atomic mass is 9.90. The Hall–Kier alpha value is -1.88. The van der Waals surface area contributed by atoms with Gasteiger partial charge in [-0.2, -0.15) is 10.6 Å². The Morgan fingerprint density at radius 2 is 2.00 bits per heavy atom. The summed E-state index contributed by atoms with van der Waals surface area (Å²) in [5.41, 5.74) is 4.84. The Balaban J connectivity index is 2.16. The number of hydrogen-bond donors (Lipinski definition) is 5. The number of piperidine rings is 1. The number of aliphatic imine (C=N–C) groups is 1. The van der Waals surface area contributed by atoms with E-state index in [2.05, 4.69) is 10.3 Å². The summed E-state index contributed by atoms with van der Waals surface area (Å²) in [4.78, 5) is 18.0. The molecule has 2 heterocycles. The second kappa shape index (κ2) is 6.62. The van der Waals surface area contributed by atoms with Crippen LogP contribution in [0, 0.1) is 5.82 Å². The third-order valence-corrected chi connectivity index (χ3v) is 8.31. The van der Waals surface area contributed by atoms with Gasteiger partial charge in [-0.3, -0.25) is 19.4 Å². The van der Waals surface area contributed by atoms with Crippen LogP contribution in [0.5, 0.6) is 0 Å². The topological polar surface area (TPSA) is 131 Å². The van der Waals surface area contributed by atoms with Crippen LogP contribution in [0.15, 0.2) is 23.2 Å². The minimum absolute atomic E-state index is 0.0151. The summed E-state index contributed by atoms with van der Waals surface area (Å²) >= 11 is 0. The Morgan fingerprint density at radius 1 is 1.37 bits per heavy atom. The Kier molecular flexibility index (Phi) is 4.87. The molecule has 150 valence electrons. The SMILES string of the molecule is CN1CCC2(CC1)C(NC(=O)O)=NC(C)(c1cc(N)ccc1F)CS2(O)O. The van der Waals surface area contributed by atoms with Crippen molar-refractivity contribution in [2.24, 2.45) is 4.99 Å². The molecule has 1 amide bonds. The maximum atomic E-state index is 14.5. The van der Waals surface area contributed by atoms with Crippen LogP contribution in [0.2, 0.25) is 0 Å². The molecule has 0 bridgehead atoms. The number of nitrogens with one attached hydrogen (secondary N) is 1. The number of benzene rings is 1. The molecule has 1 atom stereocenters. The van der Waals surface area contributed by atoms with E-state index in [1.165, 1.54) is 18.2 Å². The van der Waals surface area contributed by atoms with Crippen molar-refractivity contribution in [3.05, 3.63) is 29.6 Å². The molecule has 8 nitrogen and oxygen atoms in total. The first-order valence-corrected chi connectivity index (χ1v) is 10.3. The summed E-state index contributed by atoms with van der Waals surface area (Å²) in [6.07, 6.45) is -0.652. The molecule has 0 saturated carbocycles. The number of halogens is 1. The van der Waals surface area contributed by atoms with Crippen LogP contribution in [0.25, 0.3) is 0 Å². The number of nitrogen functional groups attached to an aromatic ring is 1. The molecule has 0 radical (unpaired) electrons. The molecule has 1 aromatic carbocycles. The average molecular weight is 400 g/mol. The van der Waals surface area contributed by atoms with E-state index >= 15 is 0 Å². The maximum Gasteiger partial charge on any atom is 0.410 e. The highest BCUT2D eigenvalue weighted by molar-refractivity contribution is 8.26. The van der Waals surface area contributed by atoms with Crippen molar-refractivity contribution in [3.63, 3.8) is 0 Å². The minimum Gasteiger partial charge on any atom is -0.465 e. The normalized spacial score (nSPS) is 28.4. The van der Waals surface area contributed by atoms with Gasteiger partial charge in [-0.1, -0.05) is 0 Å². The number of amidine groups is 1. The van der Waals surface area contributed by atoms with Gasteiger partial charge >= 0.3 is 6.09 Å². The Labute approximate surface area is 158 Å². The number of anilines is 1. The fourth-order valence-corrected chi connectivity index (χ4v) is 6.47. The molecular formula is C17H25FN4O4S. The lowest BCUT2D eigenvalue weighted by Gasteiger charge is -2.58. The number of nitrogens with zero attached hydrogens (tertiary/aromatic N) is 2. The van der Waals surface area contributed by atoms with Gasteiger partial charge in [0.1, 0.15) is 21.9 Å².